The average molecular weight is 288 g/mol. The predicted octanol–water partition coefficient (Wildman–Crippen LogP) is 1.30. The van der Waals surface area contributed by atoms with Crippen molar-refractivity contribution in [1.29, 1.82) is 0 Å². The number of rotatable bonds is 6. The first-order valence-electron chi connectivity index (χ1n) is 6.97. The molecule has 1 unspecified atom stereocenters. The molecule has 1 amide bonds. The number of nitrogens with zero attached hydrogens (tertiary/aromatic N) is 4. The molecule has 1 aromatic heterocycles. The molecule has 0 saturated heterocycles. The van der Waals surface area contributed by atoms with Gasteiger partial charge in [-0.15, -0.1) is 5.10 Å². The minimum Gasteiger partial charge on any atom is -0.326 e. The second kappa shape index (κ2) is 6.94. The van der Waals surface area contributed by atoms with Crippen LogP contribution >= 0.6 is 0 Å². The van der Waals surface area contributed by atoms with Crippen LogP contribution in [0.3, 0.4) is 0 Å². The fourth-order valence-electron chi connectivity index (χ4n) is 2.07. The molecule has 7 nitrogen and oxygen atoms in total. The zero-order valence-electron chi connectivity index (χ0n) is 12.5. The molecule has 2 N–H and O–H groups in total. The Kier molecular flexibility index (Phi) is 4.99. The molecule has 1 aromatic carbocycles. The summed E-state index contributed by atoms with van der Waals surface area (Å²) in [4.78, 5) is 12.0. The summed E-state index contributed by atoms with van der Waals surface area (Å²) >= 11 is 0. The molecule has 0 aliphatic rings. The molecule has 21 heavy (non-hydrogen) atoms. The second-order valence-electron chi connectivity index (χ2n) is 4.96. The van der Waals surface area contributed by atoms with E-state index in [9.17, 15) is 4.79 Å². The van der Waals surface area contributed by atoms with E-state index in [0.29, 0.717) is 6.42 Å². The first kappa shape index (κ1) is 15.1. The quantitative estimate of drug-likeness (QED) is 0.837. The zero-order chi connectivity index (χ0) is 15.2. The Morgan fingerprint density at radius 3 is 2.90 bits per heavy atom. The number of amides is 1. The van der Waals surface area contributed by atoms with Crippen LogP contribution in [0.15, 0.2) is 24.5 Å². The summed E-state index contributed by atoms with van der Waals surface area (Å²) in [6.45, 7) is 6.82. The number of nitrogens with one attached hydrogen (secondary N) is 2. The summed E-state index contributed by atoms with van der Waals surface area (Å²) in [5, 5.41) is 17.2. The SMILES string of the molecule is CCNC(C)CC(=O)Nc1cc(-n2cnnn2)ccc1C. The molecule has 0 bridgehead atoms. The average Bonchev–Trinajstić information content (AvgIpc) is 2.95. The van der Waals surface area contributed by atoms with E-state index in [1.165, 1.54) is 6.33 Å². The lowest BCUT2D eigenvalue weighted by atomic mass is 10.1. The number of carbonyl (C=O) groups excluding carboxylic acids is 1. The maximum atomic E-state index is 12.0. The van der Waals surface area contributed by atoms with Crippen molar-refractivity contribution in [3.63, 3.8) is 0 Å². The highest BCUT2D eigenvalue weighted by Crippen LogP contribution is 2.19. The molecule has 7 heteroatoms. The number of hydrogen-bond acceptors (Lipinski definition) is 5. The number of anilines is 1. The minimum atomic E-state index is -0.0135. The van der Waals surface area contributed by atoms with Gasteiger partial charge in [-0.25, -0.2) is 4.68 Å². The molecule has 0 spiro atoms. The van der Waals surface area contributed by atoms with E-state index in [1.807, 2.05) is 39.0 Å². The standard InChI is InChI=1S/C14H20N6O/c1-4-15-11(3)7-14(21)17-13-8-12(6-5-10(13)2)20-9-16-18-19-20/h5-6,8-9,11,15H,4,7H2,1-3H3,(H,17,21). The van der Waals surface area contributed by atoms with Gasteiger partial charge in [-0.05, 0) is 48.5 Å². The number of aromatic nitrogens is 4. The van der Waals surface area contributed by atoms with Crippen LogP contribution in [0.4, 0.5) is 5.69 Å². The fourth-order valence-corrected chi connectivity index (χ4v) is 2.07. The Hall–Kier alpha value is -2.28. The lowest BCUT2D eigenvalue weighted by Crippen LogP contribution is -2.30. The molecule has 2 aromatic rings. The van der Waals surface area contributed by atoms with E-state index in [1.54, 1.807) is 4.68 Å². The fraction of sp³-hybridized carbons (Fsp3) is 0.429. The number of hydrogen-bond donors (Lipinski definition) is 2. The third kappa shape index (κ3) is 4.09. The van der Waals surface area contributed by atoms with E-state index in [-0.39, 0.29) is 11.9 Å². The van der Waals surface area contributed by atoms with Gasteiger partial charge in [-0.1, -0.05) is 13.0 Å². The van der Waals surface area contributed by atoms with Crippen molar-refractivity contribution in [3.8, 4) is 5.69 Å². The topological polar surface area (TPSA) is 84.7 Å². The third-order valence-corrected chi connectivity index (χ3v) is 3.15. The Morgan fingerprint density at radius 2 is 2.24 bits per heavy atom. The van der Waals surface area contributed by atoms with Gasteiger partial charge in [0.05, 0.1) is 5.69 Å². The van der Waals surface area contributed by atoms with Crippen LogP contribution in [0.5, 0.6) is 0 Å². The molecule has 0 radical (unpaired) electrons. The van der Waals surface area contributed by atoms with Crippen molar-refractivity contribution in [2.75, 3.05) is 11.9 Å². The largest absolute Gasteiger partial charge is 0.326 e. The summed E-state index contributed by atoms with van der Waals surface area (Å²) in [5.74, 6) is -0.0135. The van der Waals surface area contributed by atoms with Crippen molar-refractivity contribution in [3.05, 3.63) is 30.1 Å². The Bertz CT molecular complexity index is 596. The Labute approximate surface area is 123 Å². The van der Waals surface area contributed by atoms with Gasteiger partial charge >= 0.3 is 0 Å². The molecule has 112 valence electrons. The molecule has 0 aliphatic carbocycles. The zero-order valence-corrected chi connectivity index (χ0v) is 12.5. The predicted molar refractivity (Wildman–Crippen MR) is 80.3 cm³/mol. The summed E-state index contributed by atoms with van der Waals surface area (Å²) < 4.78 is 1.55. The highest BCUT2D eigenvalue weighted by atomic mass is 16.1. The van der Waals surface area contributed by atoms with Crippen LogP contribution in [0, 0.1) is 6.92 Å². The Morgan fingerprint density at radius 1 is 1.43 bits per heavy atom. The van der Waals surface area contributed by atoms with Crippen molar-refractivity contribution in [1.82, 2.24) is 25.5 Å². The summed E-state index contributed by atoms with van der Waals surface area (Å²) in [6, 6.07) is 5.85. The van der Waals surface area contributed by atoms with Crippen LogP contribution in [0.1, 0.15) is 25.8 Å². The maximum Gasteiger partial charge on any atom is 0.225 e. The van der Waals surface area contributed by atoms with Gasteiger partial charge < -0.3 is 10.6 Å². The molecular weight excluding hydrogens is 268 g/mol. The van der Waals surface area contributed by atoms with Crippen molar-refractivity contribution in [2.45, 2.75) is 33.2 Å². The lowest BCUT2D eigenvalue weighted by Gasteiger charge is -2.14. The highest BCUT2D eigenvalue weighted by Gasteiger charge is 2.10. The molecule has 0 fully saturated rings. The van der Waals surface area contributed by atoms with Gasteiger partial charge in [0.1, 0.15) is 6.33 Å². The smallest absolute Gasteiger partial charge is 0.225 e. The lowest BCUT2D eigenvalue weighted by molar-refractivity contribution is -0.116. The van der Waals surface area contributed by atoms with E-state index in [2.05, 4.69) is 26.2 Å². The van der Waals surface area contributed by atoms with Gasteiger partial charge in [0.25, 0.3) is 0 Å². The van der Waals surface area contributed by atoms with E-state index < -0.39 is 0 Å². The van der Waals surface area contributed by atoms with Crippen molar-refractivity contribution < 1.29 is 4.79 Å². The molecule has 2 rings (SSSR count). The van der Waals surface area contributed by atoms with Crippen LogP contribution in [-0.2, 0) is 4.79 Å². The molecule has 1 atom stereocenters. The van der Waals surface area contributed by atoms with E-state index in [0.717, 1.165) is 23.5 Å². The molecule has 1 heterocycles. The van der Waals surface area contributed by atoms with Gasteiger partial charge in [0.2, 0.25) is 5.91 Å². The van der Waals surface area contributed by atoms with Crippen LogP contribution in [0.2, 0.25) is 0 Å². The van der Waals surface area contributed by atoms with Gasteiger partial charge in [-0.2, -0.15) is 0 Å². The minimum absolute atomic E-state index is 0.0135. The van der Waals surface area contributed by atoms with E-state index >= 15 is 0 Å². The van der Waals surface area contributed by atoms with Crippen LogP contribution in [-0.4, -0.2) is 38.7 Å². The van der Waals surface area contributed by atoms with Gasteiger partial charge in [0, 0.05) is 18.2 Å². The van der Waals surface area contributed by atoms with Crippen molar-refractivity contribution in [2.24, 2.45) is 0 Å². The van der Waals surface area contributed by atoms with Gasteiger partial charge in [0.15, 0.2) is 0 Å². The number of aryl methyl sites for hydroxylation is 1. The van der Waals surface area contributed by atoms with E-state index in [4.69, 9.17) is 0 Å². The first-order valence-corrected chi connectivity index (χ1v) is 6.97. The normalized spacial score (nSPS) is 12.1. The third-order valence-electron chi connectivity index (χ3n) is 3.15. The monoisotopic (exact) mass is 288 g/mol. The first-order chi connectivity index (χ1) is 10.1. The molecule has 0 aliphatic heterocycles. The number of benzene rings is 1. The number of tetrazole rings is 1. The Balaban J connectivity index is 2.09. The van der Waals surface area contributed by atoms with Crippen LogP contribution in [0.25, 0.3) is 5.69 Å². The molecular formula is C14H20N6O. The van der Waals surface area contributed by atoms with Crippen LogP contribution < -0.4 is 10.6 Å². The highest BCUT2D eigenvalue weighted by molar-refractivity contribution is 5.92. The second-order valence-corrected chi connectivity index (χ2v) is 4.96. The summed E-state index contributed by atoms with van der Waals surface area (Å²) in [6.07, 6.45) is 1.95. The summed E-state index contributed by atoms with van der Waals surface area (Å²) in [7, 11) is 0. The van der Waals surface area contributed by atoms with Gasteiger partial charge in [-0.3, -0.25) is 4.79 Å². The molecule has 0 saturated carbocycles. The number of carbonyl (C=O) groups is 1. The summed E-state index contributed by atoms with van der Waals surface area (Å²) in [5.41, 5.74) is 2.58. The van der Waals surface area contributed by atoms with Crippen molar-refractivity contribution >= 4 is 11.6 Å². The maximum absolute atomic E-state index is 12.0.